The molecule has 8 heteroatoms. The lowest BCUT2D eigenvalue weighted by Crippen LogP contribution is -2.27. The monoisotopic (exact) mass is 591 g/mol. The predicted molar refractivity (Wildman–Crippen MR) is 173 cm³/mol. The molecule has 1 aliphatic rings. The number of anilines is 2. The number of halogens is 1. The van der Waals surface area contributed by atoms with Gasteiger partial charge in [0.25, 0.3) is 11.8 Å². The molecule has 208 valence electrons. The van der Waals surface area contributed by atoms with Crippen LogP contribution < -0.4 is 10.2 Å². The zero-order chi connectivity index (χ0) is 29.4. The van der Waals surface area contributed by atoms with Crippen LogP contribution in [0.1, 0.15) is 32.7 Å². The van der Waals surface area contributed by atoms with Crippen LogP contribution in [0.15, 0.2) is 102 Å². The maximum absolute atomic E-state index is 13.7. The van der Waals surface area contributed by atoms with E-state index in [1.54, 1.807) is 24.3 Å². The van der Waals surface area contributed by atoms with Crippen LogP contribution in [0.5, 0.6) is 0 Å². The molecule has 0 bridgehead atoms. The number of thiocarbonyl (C=S) groups is 1. The number of rotatable bonds is 6. The van der Waals surface area contributed by atoms with Crippen LogP contribution in [0.25, 0.3) is 17.0 Å². The molecule has 5 aromatic rings. The number of nitrogens with one attached hydrogen (secondary N) is 1. The molecule has 2 heterocycles. The number of carbonyl (C=O) groups is 2. The summed E-state index contributed by atoms with van der Waals surface area (Å²) in [5.74, 6) is -0.999. The molecule has 0 radical (unpaired) electrons. The van der Waals surface area contributed by atoms with Crippen molar-refractivity contribution in [1.29, 1.82) is 0 Å². The third-order valence-corrected chi connectivity index (χ3v) is 8.54. The quantitative estimate of drug-likeness (QED) is 0.160. The van der Waals surface area contributed by atoms with E-state index in [4.69, 9.17) is 12.2 Å². The fourth-order valence-electron chi connectivity index (χ4n) is 5.18. The first-order valence-electron chi connectivity index (χ1n) is 13.4. The Morgan fingerprint density at radius 2 is 1.71 bits per heavy atom. The van der Waals surface area contributed by atoms with E-state index in [0.717, 1.165) is 28.7 Å². The third kappa shape index (κ3) is 5.38. The fourth-order valence-corrected chi connectivity index (χ4v) is 6.46. The zero-order valence-corrected chi connectivity index (χ0v) is 24.6. The number of hydrogen-bond donors (Lipinski definition) is 1. The average molecular weight is 592 g/mol. The van der Waals surface area contributed by atoms with Gasteiger partial charge in [0.15, 0.2) is 4.32 Å². The Bertz CT molecular complexity index is 1910. The van der Waals surface area contributed by atoms with E-state index in [1.807, 2.05) is 18.2 Å². The highest BCUT2D eigenvalue weighted by molar-refractivity contribution is 8.27. The first-order chi connectivity index (χ1) is 20.3. The molecule has 5 nitrogen and oxygen atoms in total. The lowest BCUT2D eigenvalue weighted by Gasteiger charge is -2.15. The molecule has 1 aliphatic heterocycles. The van der Waals surface area contributed by atoms with Crippen molar-refractivity contribution in [3.63, 3.8) is 0 Å². The Morgan fingerprint density at radius 1 is 0.952 bits per heavy atom. The van der Waals surface area contributed by atoms with Crippen molar-refractivity contribution in [3.05, 3.63) is 136 Å². The summed E-state index contributed by atoms with van der Waals surface area (Å²) in [5.41, 5.74) is 6.88. The van der Waals surface area contributed by atoms with Crippen LogP contribution in [0.3, 0.4) is 0 Å². The molecule has 1 saturated heterocycles. The molecule has 1 fully saturated rings. The molecule has 6 rings (SSSR count). The molecule has 1 aromatic heterocycles. The van der Waals surface area contributed by atoms with E-state index in [1.165, 1.54) is 52.1 Å². The van der Waals surface area contributed by atoms with Gasteiger partial charge in [-0.3, -0.25) is 14.5 Å². The molecule has 0 unspecified atom stereocenters. The first-order valence-corrected chi connectivity index (χ1v) is 14.6. The van der Waals surface area contributed by atoms with Crippen LogP contribution in [-0.4, -0.2) is 20.7 Å². The second-order valence-electron chi connectivity index (χ2n) is 10.1. The van der Waals surface area contributed by atoms with Gasteiger partial charge >= 0.3 is 0 Å². The van der Waals surface area contributed by atoms with E-state index >= 15 is 0 Å². The van der Waals surface area contributed by atoms with Gasteiger partial charge in [0.1, 0.15) is 5.82 Å². The second kappa shape index (κ2) is 11.4. The SMILES string of the molecule is Cc1cccc(Cn2c(C)c(/C=C3/SC(=S)N(c4cccc(C(=O)Nc5ccc(F)cc5)c4)C3=O)c3ccccc32)c1. The summed E-state index contributed by atoms with van der Waals surface area (Å²) in [6.45, 7) is 4.88. The molecule has 0 spiro atoms. The fraction of sp³-hybridized carbons (Fsp3) is 0.0882. The molecule has 42 heavy (non-hydrogen) atoms. The number of fused-ring (bicyclic) bond motifs is 1. The van der Waals surface area contributed by atoms with E-state index in [9.17, 15) is 14.0 Å². The maximum Gasteiger partial charge on any atom is 0.270 e. The van der Waals surface area contributed by atoms with Crippen molar-refractivity contribution < 1.29 is 14.0 Å². The van der Waals surface area contributed by atoms with Gasteiger partial charge < -0.3 is 9.88 Å². The Hall–Kier alpha value is -4.53. The van der Waals surface area contributed by atoms with Crippen molar-refractivity contribution >= 4 is 68.5 Å². The minimum atomic E-state index is -0.386. The molecular formula is C34H26FN3O2S2. The number of nitrogens with zero attached hydrogens (tertiary/aromatic N) is 2. The number of aryl methyl sites for hydroxylation is 1. The Balaban J connectivity index is 1.30. The van der Waals surface area contributed by atoms with Crippen LogP contribution in [0.4, 0.5) is 15.8 Å². The van der Waals surface area contributed by atoms with E-state index in [-0.39, 0.29) is 17.6 Å². The summed E-state index contributed by atoms with van der Waals surface area (Å²) in [6, 6.07) is 29.0. The number of amides is 2. The largest absolute Gasteiger partial charge is 0.340 e. The minimum Gasteiger partial charge on any atom is -0.340 e. The van der Waals surface area contributed by atoms with Gasteiger partial charge in [-0.05, 0) is 74.0 Å². The molecule has 1 N–H and O–H groups in total. The van der Waals surface area contributed by atoms with Gasteiger partial charge in [-0.1, -0.05) is 78.1 Å². The predicted octanol–water partition coefficient (Wildman–Crippen LogP) is 8.10. The van der Waals surface area contributed by atoms with Crippen molar-refractivity contribution in [1.82, 2.24) is 4.57 Å². The topological polar surface area (TPSA) is 54.3 Å². The van der Waals surface area contributed by atoms with E-state index in [0.29, 0.717) is 26.2 Å². The number of thioether (sulfide) groups is 1. The van der Waals surface area contributed by atoms with Gasteiger partial charge in [0.2, 0.25) is 0 Å². The Labute approximate surface area is 252 Å². The Kier molecular flexibility index (Phi) is 7.49. The number of para-hydroxylation sites is 1. The van der Waals surface area contributed by atoms with Crippen LogP contribution >= 0.6 is 24.0 Å². The lowest BCUT2D eigenvalue weighted by atomic mass is 10.1. The maximum atomic E-state index is 13.7. The van der Waals surface area contributed by atoms with Crippen LogP contribution in [0, 0.1) is 19.7 Å². The molecule has 4 aromatic carbocycles. The molecular weight excluding hydrogens is 566 g/mol. The summed E-state index contributed by atoms with van der Waals surface area (Å²) in [7, 11) is 0. The summed E-state index contributed by atoms with van der Waals surface area (Å²) < 4.78 is 15.9. The summed E-state index contributed by atoms with van der Waals surface area (Å²) in [5, 5.41) is 3.81. The summed E-state index contributed by atoms with van der Waals surface area (Å²) in [4.78, 5) is 28.6. The summed E-state index contributed by atoms with van der Waals surface area (Å²) in [6.07, 6.45) is 1.93. The molecule has 2 amide bonds. The standard InChI is InChI=1S/C34H26FN3O2S2/c1-21-7-5-8-23(17-21)20-37-22(2)29(28-11-3-4-12-30(28)37)19-31-33(40)38(34(41)42-31)27-10-6-9-24(18-27)32(39)36-26-15-13-25(35)14-16-26/h3-19H,20H2,1-2H3,(H,36,39)/b31-19+. The second-order valence-corrected chi connectivity index (χ2v) is 11.8. The van der Waals surface area contributed by atoms with E-state index in [2.05, 4.69) is 60.1 Å². The van der Waals surface area contributed by atoms with Crippen LogP contribution in [-0.2, 0) is 11.3 Å². The molecule has 0 aliphatic carbocycles. The molecule has 0 atom stereocenters. The third-order valence-electron chi connectivity index (χ3n) is 7.24. The highest BCUT2D eigenvalue weighted by atomic mass is 32.2. The lowest BCUT2D eigenvalue weighted by molar-refractivity contribution is -0.113. The van der Waals surface area contributed by atoms with Gasteiger partial charge in [-0.25, -0.2) is 4.39 Å². The van der Waals surface area contributed by atoms with Crippen molar-refractivity contribution in [2.45, 2.75) is 20.4 Å². The average Bonchev–Trinajstić information content (AvgIpc) is 3.41. The number of hydrogen-bond acceptors (Lipinski definition) is 4. The number of carbonyl (C=O) groups excluding carboxylic acids is 2. The first kappa shape index (κ1) is 27.6. The normalized spacial score (nSPS) is 14.3. The highest BCUT2D eigenvalue weighted by Crippen LogP contribution is 2.38. The van der Waals surface area contributed by atoms with Crippen molar-refractivity contribution in [2.75, 3.05) is 10.2 Å². The highest BCUT2D eigenvalue weighted by Gasteiger charge is 2.34. The van der Waals surface area contributed by atoms with Crippen molar-refractivity contribution in [3.8, 4) is 0 Å². The number of benzene rings is 4. The van der Waals surface area contributed by atoms with Gasteiger partial charge in [-0.15, -0.1) is 0 Å². The zero-order valence-electron chi connectivity index (χ0n) is 22.9. The van der Waals surface area contributed by atoms with Gasteiger partial charge in [-0.2, -0.15) is 0 Å². The smallest absolute Gasteiger partial charge is 0.270 e. The van der Waals surface area contributed by atoms with Crippen LogP contribution in [0.2, 0.25) is 0 Å². The summed E-state index contributed by atoms with van der Waals surface area (Å²) >= 11 is 6.88. The Morgan fingerprint density at radius 3 is 2.50 bits per heavy atom. The molecule has 0 saturated carbocycles. The van der Waals surface area contributed by atoms with Gasteiger partial charge in [0, 0.05) is 40.0 Å². The van der Waals surface area contributed by atoms with Gasteiger partial charge in [0.05, 0.1) is 10.6 Å². The van der Waals surface area contributed by atoms with Crippen molar-refractivity contribution in [2.24, 2.45) is 0 Å². The minimum absolute atomic E-state index is 0.240. The number of aromatic nitrogens is 1. The van der Waals surface area contributed by atoms with E-state index < -0.39 is 0 Å².